The number of fused-ring (bicyclic) bond motifs is 1. The number of hydrogen-bond acceptors (Lipinski definition) is 2. The van der Waals surface area contributed by atoms with Crippen LogP contribution in [0.15, 0.2) is 17.0 Å². The maximum atomic E-state index is 5.01. The maximum absolute atomic E-state index is 5.01. The van der Waals surface area contributed by atoms with Crippen molar-refractivity contribution in [3.63, 3.8) is 0 Å². The number of nitrogens with zero attached hydrogens (tertiary/aromatic N) is 1. The van der Waals surface area contributed by atoms with Crippen LogP contribution in [-0.4, -0.2) is 15.0 Å². The smallest absolute Gasteiger partial charge is 0.139 e. The predicted molar refractivity (Wildman–Crippen MR) is 49.0 cm³/mol. The quantitative estimate of drug-likeness (QED) is 0.682. The molecule has 0 bridgehead atoms. The Morgan fingerprint density at radius 2 is 2.27 bits per heavy atom. The van der Waals surface area contributed by atoms with Crippen LogP contribution in [0.4, 0.5) is 0 Å². The Kier molecular flexibility index (Phi) is 1.54. The first-order chi connectivity index (χ1) is 5.29. The number of halogens is 1. The van der Waals surface area contributed by atoms with Crippen molar-refractivity contribution in [2.75, 3.05) is 0 Å². The number of H-pyrrole nitrogens is 2. The van der Waals surface area contributed by atoms with Crippen LogP contribution in [0, 0.1) is 4.64 Å². The molecule has 11 heavy (non-hydrogen) atoms. The number of hydrogen-bond donors (Lipinski definition) is 2. The minimum Gasteiger partial charge on any atom is -0.346 e. The number of rotatable bonds is 0. The zero-order chi connectivity index (χ0) is 7.84. The van der Waals surface area contributed by atoms with Crippen LogP contribution in [0.25, 0.3) is 11.0 Å². The van der Waals surface area contributed by atoms with Gasteiger partial charge in [-0.1, -0.05) is 12.2 Å². The van der Waals surface area contributed by atoms with Crippen LogP contribution in [0.1, 0.15) is 0 Å². The van der Waals surface area contributed by atoms with Crippen molar-refractivity contribution in [1.29, 1.82) is 0 Å². The number of aromatic nitrogens is 3. The van der Waals surface area contributed by atoms with Gasteiger partial charge >= 0.3 is 0 Å². The molecule has 2 aromatic rings. The summed E-state index contributed by atoms with van der Waals surface area (Å²) in [6.07, 6.45) is 3.41. The molecule has 2 aromatic heterocycles. The van der Waals surface area contributed by atoms with Crippen molar-refractivity contribution in [1.82, 2.24) is 15.0 Å². The van der Waals surface area contributed by atoms with Crippen molar-refractivity contribution >= 4 is 39.2 Å². The highest BCUT2D eigenvalue weighted by molar-refractivity contribution is 9.10. The Balaban J connectivity index is 3.08. The second-order valence-electron chi connectivity index (χ2n) is 2.09. The van der Waals surface area contributed by atoms with Gasteiger partial charge in [0.2, 0.25) is 0 Å². The SMILES string of the molecule is S=c1nc[nH]c2[nH]cc(Br)c12. The van der Waals surface area contributed by atoms with Gasteiger partial charge in [0.05, 0.1) is 11.7 Å². The van der Waals surface area contributed by atoms with Crippen molar-refractivity contribution in [3.05, 3.63) is 21.6 Å². The van der Waals surface area contributed by atoms with Crippen LogP contribution in [0.5, 0.6) is 0 Å². The van der Waals surface area contributed by atoms with E-state index in [1.54, 1.807) is 6.33 Å². The van der Waals surface area contributed by atoms with E-state index in [1.807, 2.05) is 6.20 Å². The molecule has 0 saturated carbocycles. The Morgan fingerprint density at radius 3 is 3.00 bits per heavy atom. The van der Waals surface area contributed by atoms with Crippen molar-refractivity contribution in [2.45, 2.75) is 0 Å². The maximum Gasteiger partial charge on any atom is 0.139 e. The fourth-order valence-corrected chi connectivity index (χ4v) is 1.84. The van der Waals surface area contributed by atoms with Gasteiger partial charge in [0.1, 0.15) is 10.3 Å². The summed E-state index contributed by atoms with van der Waals surface area (Å²) in [5.74, 6) is 0. The van der Waals surface area contributed by atoms with E-state index in [-0.39, 0.29) is 0 Å². The highest BCUT2D eigenvalue weighted by Crippen LogP contribution is 2.21. The standard InChI is InChI=1S/C6H4BrN3S/c7-3-1-8-5-4(3)6(11)10-2-9-5/h1-2H,(H2,8,9,10,11). The Hall–Kier alpha value is -0.680. The molecule has 0 aliphatic heterocycles. The van der Waals surface area contributed by atoms with Crippen LogP contribution in [-0.2, 0) is 0 Å². The Bertz CT molecular complexity index is 444. The van der Waals surface area contributed by atoms with Crippen LogP contribution >= 0.6 is 28.1 Å². The average Bonchev–Trinajstić information content (AvgIpc) is 2.34. The second-order valence-corrected chi connectivity index (χ2v) is 3.34. The molecule has 2 heterocycles. The molecule has 0 saturated heterocycles. The number of nitrogens with one attached hydrogen (secondary N) is 2. The lowest BCUT2D eigenvalue weighted by Gasteiger charge is -1.88. The van der Waals surface area contributed by atoms with E-state index in [0.717, 1.165) is 15.5 Å². The molecule has 0 aliphatic rings. The first-order valence-corrected chi connectivity index (χ1v) is 4.19. The van der Waals surface area contributed by atoms with E-state index >= 15 is 0 Å². The normalized spacial score (nSPS) is 10.6. The molecule has 2 rings (SSSR count). The van der Waals surface area contributed by atoms with E-state index in [9.17, 15) is 0 Å². The second kappa shape index (κ2) is 2.42. The third kappa shape index (κ3) is 1.00. The van der Waals surface area contributed by atoms with Crippen molar-refractivity contribution in [3.8, 4) is 0 Å². The summed E-state index contributed by atoms with van der Waals surface area (Å²) in [6.45, 7) is 0. The van der Waals surface area contributed by atoms with E-state index < -0.39 is 0 Å². The van der Waals surface area contributed by atoms with Gasteiger partial charge in [-0.05, 0) is 15.9 Å². The van der Waals surface area contributed by atoms with Gasteiger partial charge in [-0.15, -0.1) is 0 Å². The monoisotopic (exact) mass is 229 g/mol. The first kappa shape index (κ1) is 7.00. The van der Waals surface area contributed by atoms with E-state index in [4.69, 9.17) is 12.2 Å². The summed E-state index contributed by atoms with van der Waals surface area (Å²) >= 11 is 8.37. The lowest BCUT2D eigenvalue weighted by atomic mass is 10.4. The molecule has 0 fully saturated rings. The molecule has 0 spiro atoms. The lowest BCUT2D eigenvalue weighted by molar-refractivity contribution is 1.19. The first-order valence-electron chi connectivity index (χ1n) is 2.99. The molecule has 2 N–H and O–H groups in total. The molecule has 0 aliphatic carbocycles. The summed E-state index contributed by atoms with van der Waals surface area (Å²) in [4.78, 5) is 9.92. The minimum atomic E-state index is 0.604. The van der Waals surface area contributed by atoms with Gasteiger partial charge in [-0.2, -0.15) is 0 Å². The van der Waals surface area contributed by atoms with Crippen molar-refractivity contribution < 1.29 is 0 Å². The number of aromatic amines is 2. The summed E-state index contributed by atoms with van der Waals surface area (Å²) in [5.41, 5.74) is 0.900. The summed E-state index contributed by atoms with van der Waals surface area (Å²) in [7, 11) is 0. The van der Waals surface area contributed by atoms with E-state index in [2.05, 4.69) is 30.9 Å². The molecular formula is C6H4BrN3S. The highest BCUT2D eigenvalue weighted by Gasteiger charge is 2.01. The van der Waals surface area contributed by atoms with Crippen LogP contribution in [0.3, 0.4) is 0 Å². The molecular weight excluding hydrogens is 226 g/mol. The summed E-state index contributed by atoms with van der Waals surface area (Å²) < 4.78 is 1.55. The van der Waals surface area contributed by atoms with Gasteiger partial charge < -0.3 is 9.97 Å². The molecule has 0 atom stereocenters. The Morgan fingerprint density at radius 1 is 1.45 bits per heavy atom. The van der Waals surface area contributed by atoms with Gasteiger partial charge in [0.15, 0.2) is 0 Å². The minimum absolute atomic E-state index is 0.604. The zero-order valence-corrected chi connectivity index (χ0v) is 7.79. The fraction of sp³-hybridized carbons (Fsp3) is 0. The summed E-state index contributed by atoms with van der Waals surface area (Å²) in [5, 5.41) is 0.933. The van der Waals surface area contributed by atoms with Gasteiger partial charge in [-0.25, -0.2) is 4.98 Å². The average molecular weight is 230 g/mol. The third-order valence-electron chi connectivity index (χ3n) is 1.44. The fourth-order valence-electron chi connectivity index (χ4n) is 0.942. The van der Waals surface area contributed by atoms with E-state index in [1.165, 1.54) is 0 Å². The van der Waals surface area contributed by atoms with Crippen LogP contribution < -0.4 is 0 Å². The molecule has 0 amide bonds. The van der Waals surface area contributed by atoms with Crippen molar-refractivity contribution in [2.24, 2.45) is 0 Å². The summed E-state index contributed by atoms with van der Waals surface area (Å²) in [6, 6.07) is 0. The van der Waals surface area contributed by atoms with Gasteiger partial charge in [0.25, 0.3) is 0 Å². The molecule has 3 nitrogen and oxygen atoms in total. The third-order valence-corrected chi connectivity index (χ3v) is 2.37. The lowest BCUT2D eigenvalue weighted by Crippen LogP contribution is -1.79. The Labute approximate surface area is 76.0 Å². The van der Waals surface area contributed by atoms with Gasteiger partial charge in [-0.3, -0.25) is 0 Å². The predicted octanol–water partition coefficient (Wildman–Crippen LogP) is 2.38. The molecule has 0 aromatic carbocycles. The largest absolute Gasteiger partial charge is 0.346 e. The zero-order valence-electron chi connectivity index (χ0n) is 5.39. The van der Waals surface area contributed by atoms with Crippen LogP contribution in [0.2, 0.25) is 0 Å². The highest BCUT2D eigenvalue weighted by atomic mass is 79.9. The van der Waals surface area contributed by atoms with E-state index in [0.29, 0.717) is 4.64 Å². The molecule has 5 heteroatoms. The topological polar surface area (TPSA) is 44.5 Å². The molecule has 56 valence electrons. The van der Waals surface area contributed by atoms with Gasteiger partial charge in [0, 0.05) is 10.7 Å². The molecule has 0 unspecified atom stereocenters. The molecule has 0 radical (unpaired) electrons.